The quantitative estimate of drug-likeness (QED) is 0.822. The van der Waals surface area contributed by atoms with Crippen molar-refractivity contribution in [2.24, 2.45) is 5.92 Å². The standard InChI is InChI=1S/C14H22N2/c1-3-4-7-16-10-12(2)8-14(11-16)13-5-6-15-9-13/h5-6,8-9,12,15H,3-4,7,10-11H2,1-2H3. The lowest BCUT2D eigenvalue weighted by Crippen LogP contribution is -2.34. The zero-order valence-corrected chi connectivity index (χ0v) is 10.4. The molecule has 0 aromatic carbocycles. The number of H-pyrrole nitrogens is 1. The smallest absolute Gasteiger partial charge is 0.0237 e. The Kier molecular flexibility index (Phi) is 3.83. The van der Waals surface area contributed by atoms with Crippen LogP contribution in [0.3, 0.4) is 0 Å². The number of aromatic nitrogens is 1. The molecule has 1 aliphatic rings. The summed E-state index contributed by atoms with van der Waals surface area (Å²) in [4.78, 5) is 5.72. The minimum absolute atomic E-state index is 0.676. The van der Waals surface area contributed by atoms with E-state index in [1.165, 1.54) is 37.1 Å². The summed E-state index contributed by atoms with van der Waals surface area (Å²) in [5.74, 6) is 0.676. The summed E-state index contributed by atoms with van der Waals surface area (Å²) in [5.41, 5.74) is 2.84. The Morgan fingerprint density at radius 2 is 2.38 bits per heavy atom. The summed E-state index contributed by atoms with van der Waals surface area (Å²) in [6.07, 6.45) is 9.13. The SMILES string of the molecule is CCCCN1CC(c2cc[nH]c2)=CC(C)C1. The molecule has 0 amide bonds. The first-order valence-corrected chi connectivity index (χ1v) is 6.35. The minimum atomic E-state index is 0.676. The van der Waals surface area contributed by atoms with Gasteiger partial charge in [0.05, 0.1) is 0 Å². The van der Waals surface area contributed by atoms with Gasteiger partial charge in [0.1, 0.15) is 0 Å². The fourth-order valence-corrected chi connectivity index (χ4v) is 2.42. The van der Waals surface area contributed by atoms with Crippen LogP contribution in [-0.4, -0.2) is 29.5 Å². The fourth-order valence-electron chi connectivity index (χ4n) is 2.42. The van der Waals surface area contributed by atoms with Gasteiger partial charge in [0.25, 0.3) is 0 Å². The van der Waals surface area contributed by atoms with E-state index in [9.17, 15) is 0 Å². The van der Waals surface area contributed by atoms with Crippen LogP contribution >= 0.6 is 0 Å². The van der Waals surface area contributed by atoms with Gasteiger partial charge >= 0.3 is 0 Å². The van der Waals surface area contributed by atoms with Crippen LogP contribution in [0.15, 0.2) is 24.5 Å². The first kappa shape index (κ1) is 11.5. The zero-order valence-electron chi connectivity index (χ0n) is 10.4. The monoisotopic (exact) mass is 218 g/mol. The fraction of sp³-hybridized carbons (Fsp3) is 0.571. The lowest BCUT2D eigenvalue weighted by Gasteiger charge is -2.30. The van der Waals surface area contributed by atoms with Crippen molar-refractivity contribution in [1.29, 1.82) is 0 Å². The second-order valence-corrected chi connectivity index (χ2v) is 4.86. The molecule has 2 heterocycles. The van der Waals surface area contributed by atoms with Crippen LogP contribution in [-0.2, 0) is 0 Å². The van der Waals surface area contributed by atoms with Crippen molar-refractivity contribution in [3.05, 3.63) is 30.1 Å². The highest BCUT2D eigenvalue weighted by atomic mass is 15.1. The predicted molar refractivity (Wildman–Crippen MR) is 69.3 cm³/mol. The maximum Gasteiger partial charge on any atom is 0.0237 e. The Balaban J connectivity index is 2.03. The van der Waals surface area contributed by atoms with E-state index >= 15 is 0 Å². The van der Waals surface area contributed by atoms with Gasteiger partial charge in [-0.1, -0.05) is 26.3 Å². The number of nitrogens with zero attached hydrogens (tertiary/aromatic N) is 1. The predicted octanol–water partition coefficient (Wildman–Crippen LogP) is 3.15. The van der Waals surface area contributed by atoms with Crippen molar-refractivity contribution in [2.75, 3.05) is 19.6 Å². The van der Waals surface area contributed by atoms with Crippen molar-refractivity contribution in [2.45, 2.75) is 26.7 Å². The summed E-state index contributed by atoms with van der Waals surface area (Å²) in [6, 6.07) is 2.17. The lowest BCUT2D eigenvalue weighted by atomic mass is 9.97. The molecule has 1 aromatic rings. The van der Waals surface area contributed by atoms with Gasteiger partial charge in [0.2, 0.25) is 0 Å². The van der Waals surface area contributed by atoms with Gasteiger partial charge < -0.3 is 4.98 Å². The molecular formula is C14H22N2. The molecular weight excluding hydrogens is 196 g/mol. The van der Waals surface area contributed by atoms with E-state index in [-0.39, 0.29) is 0 Å². The molecule has 2 nitrogen and oxygen atoms in total. The molecule has 1 aromatic heterocycles. The van der Waals surface area contributed by atoms with Crippen LogP contribution in [0.4, 0.5) is 0 Å². The third-order valence-electron chi connectivity index (χ3n) is 3.22. The second kappa shape index (κ2) is 5.35. The molecule has 0 radical (unpaired) electrons. The Labute approximate surface area is 98.4 Å². The first-order valence-electron chi connectivity index (χ1n) is 6.35. The van der Waals surface area contributed by atoms with Gasteiger partial charge in [-0.05, 0) is 36.1 Å². The molecule has 2 rings (SSSR count). The van der Waals surface area contributed by atoms with Gasteiger partial charge in [-0.3, -0.25) is 4.90 Å². The van der Waals surface area contributed by atoms with Crippen molar-refractivity contribution < 1.29 is 0 Å². The summed E-state index contributed by atoms with van der Waals surface area (Å²) in [5, 5.41) is 0. The van der Waals surface area contributed by atoms with E-state index in [0.29, 0.717) is 5.92 Å². The molecule has 1 atom stereocenters. The van der Waals surface area contributed by atoms with Crippen molar-refractivity contribution in [3.63, 3.8) is 0 Å². The molecule has 88 valence electrons. The van der Waals surface area contributed by atoms with Crippen LogP contribution in [0, 0.1) is 5.92 Å². The van der Waals surface area contributed by atoms with Gasteiger partial charge in [0, 0.05) is 25.5 Å². The molecule has 0 spiro atoms. The van der Waals surface area contributed by atoms with E-state index in [1.807, 2.05) is 6.20 Å². The number of unbranched alkanes of at least 4 members (excludes halogenated alkanes) is 1. The molecule has 0 bridgehead atoms. The van der Waals surface area contributed by atoms with Crippen LogP contribution in [0.25, 0.3) is 5.57 Å². The second-order valence-electron chi connectivity index (χ2n) is 4.86. The minimum Gasteiger partial charge on any atom is -0.367 e. The zero-order chi connectivity index (χ0) is 11.4. The Morgan fingerprint density at radius 1 is 1.50 bits per heavy atom. The van der Waals surface area contributed by atoms with E-state index in [1.54, 1.807) is 0 Å². The largest absolute Gasteiger partial charge is 0.367 e. The first-order chi connectivity index (χ1) is 7.79. The van der Waals surface area contributed by atoms with Gasteiger partial charge in [0.15, 0.2) is 0 Å². The molecule has 0 saturated carbocycles. The topological polar surface area (TPSA) is 19.0 Å². The van der Waals surface area contributed by atoms with Crippen LogP contribution in [0.2, 0.25) is 0 Å². The molecule has 1 unspecified atom stereocenters. The number of hydrogen-bond donors (Lipinski definition) is 1. The summed E-state index contributed by atoms with van der Waals surface area (Å²) >= 11 is 0. The summed E-state index contributed by atoms with van der Waals surface area (Å²) in [6.45, 7) is 8.14. The average Bonchev–Trinajstić information content (AvgIpc) is 2.79. The van der Waals surface area contributed by atoms with Crippen molar-refractivity contribution in [3.8, 4) is 0 Å². The highest BCUT2D eigenvalue weighted by Crippen LogP contribution is 2.23. The molecule has 0 aliphatic carbocycles. The lowest BCUT2D eigenvalue weighted by molar-refractivity contribution is 0.268. The van der Waals surface area contributed by atoms with Crippen molar-refractivity contribution >= 4 is 5.57 Å². The van der Waals surface area contributed by atoms with Gasteiger partial charge in [-0.15, -0.1) is 0 Å². The number of rotatable bonds is 4. The van der Waals surface area contributed by atoms with E-state index in [0.717, 1.165) is 6.54 Å². The normalized spacial score (nSPS) is 22.1. The summed E-state index contributed by atoms with van der Waals surface area (Å²) in [7, 11) is 0. The van der Waals surface area contributed by atoms with Gasteiger partial charge in [-0.2, -0.15) is 0 Å². The Bertz CT molecular complexity index is 338. The number of nitrogens with one attached hydrogen (secondary N) is 1. The maximum atomic E-state index is 3.14. The third-order valence-corrected chi connectivity index (χ3v) is 3.22. The molecule has 0 fully saturated rings. The van der Waals surface area contributed by atoms with Crippen LogP contribution in [0.5, 0.6) is 0 Å². The van der Waals surface area contributed by atoms with Crippen LogP contribution in [0.1, 0.15) is 32.3 Å². The Hall–Kier alpha value is -1.02. The third kappa shape index (κ3) is 2.76. The van der Waals surface area contributed by atoms with Crippen molar-refractivity contribution in [1.82, 2.24) is 9.88 Å². The molecule has 1 aliphatic heterocycles. The van der Waals surface area contributed by atoms with E-state index < -0.39 is 0 Å². The maximum absolute atomic E-state index is 3.14. The van der Waals surface area contributed by atoms with Gasteiger partial charge in [-0.25, -0.2) is 0 Å². The molecule has 1 N–H and O–H groups in total. The Morgan fingerprint density at radius 3 is 3.06 bits per heavy atom. The molecule has 0 saturated heterocycles. The highest BCUT2D eigenvalue weighted by molar-refractivity contribution is 5.67. The molecule has 2 heteroatoms. The van der Waals surface area contributed by atoms with Crippen LogP contribution < -0.4 is 0 Å². The average molecular weight is 218 g/mol. The van der Waals surface area contributed by atoms with E-state index in [2.05, 4.69) is 42.1 Å². The number of aromatic amines is 1. The highest BCUT2D eigenvalue weighted by Gasteiger charge is 2.17. The van der Waals surface area contributed by atoms with E-state index in [4.69, 9.17) is 0 Å². The number of hydrogen-bond acceptors (Lipinski definition) is 1. The summed E-state index contributed by atoms with van der Waals surface area (Å²) < 4.78 is 0. The molecule has 16 heavy (non-hydrogen) atoms.